The summed E-state index contributed by atoms with van der Waals surface area (Å²) < 4.78 is 18.7. The van der Waals surface area contributed by atoms with E-state index in [1.165, 1.54) is 0 Å². The molecular formula is C35H58O9. The van der Waals surface area contributed by atoms with Crippen LogP contribution in [-0.4, -0.2) is 97.5 Å². The summed E-state index contributed by atoms with van der Waals surface area (Å²) in [5.74, 6) is 0.285. The fourth-order valence-electron chi connectivity index (χ4n) is 13.4. The highest BCUT2D eigenvalue weighted by Gasteiger charge is 2.85. The van der Waals surface area contributed by atoms with E-state index in [4.69, 9.17) is 14.2 Å². The van der Waals surface area contributed by atoms with Crippen LogP contribution < -0.4 is 0 Å². The first-order valence-corrected chi connectivity index (χ1v) is 17.4. The maximum absolute atomic E-state index is 12.1. The zero-order valence-electron chi connectivity index (χ0n) is 27.8. The average molecular weight is 623 g/mol. The Labute approximate surface area is 262 Å². The molecule has 7 fully saturated rings. The third kappa shape index (κ3) is 3.97. The van der Waals surface area contributed by atoms with E-state index in [2.05, 4.69) is 34.6 Å². The summed E-state index contributed by atoms with van der Waals surface area (Å²) in [5.41, 5.74) is -2.01. The van der Waals surface area contributed by atoms with E-state index >= 15 is 0 Å². The van der Waals surface area contributed by atoms with Crippen molar-refractivity contribution in [2.24, 2.45) is 44.8 Å². The highest BCUT2D eigenvalue weighted by molar-refractivity contribution is 5.33. The van der Waals surface area contributed by atoms with Crippen LogP contribution in [0.5, 0.6) is 0 Å². The molecule has 0 amide bonds. The van der Waals surface area contributed by atoms with Crippen LogP contribution in [0.15, 0.2) is 0 Å². The molecule has 7 rings (SSSR count). The van der Waals surface area contributed by atoms with E-state index in [0.29, 0.717) is 18.8 Å². The Kier molecular flexibility index (Phi) is 7.04. The van der Waals surface area contributed by atoms with Crippen molar-refractivity contribution in [1.82, 2.24) is 0 Å². The first kappa shape index (κ1) is 32.2. The number of hydrogen-bond donors (Lipinski definition) is 6. The molecule has 5 saturated carbocycles. The summed E-state index contributed by atoms with van der Waals surface area (Å²) in [6.07, 6.45) is 1.57. The Bertz CT molecular complexity index is 1160. The molecule has 252 valence electrons. The lowest BCUT2D eigenvalue weighted by atomic mass is 9.41. The Morgan fingerprint density at radius 1 is 0.750 bits per heavy atom. The first-order chi connectivity index (χ1) is 20.3. The number of hydrogen-bond acceptors (Lipinski definition) is 9. The summed E-state index contributed by atoms with van der Waals surface area (Å²) in [5, 5.41) is 65.5. The third-order valence-electron chi connectivity index (χ3n) is 15.5. The SMILES string of the molecule is CC(C)(O)C1CCC(C)([C@H]2[C@@H](O)C[C@@]3(C)[C@@H]4C[C@H](O)[C@H]5C(C)(C)C(O[C@@H]6OC[C@@H](O)C(O)[C@H]6O)CC[C@@]56C[C@@]46CC[C@]23C)O1. The molecule has 0 aromatic carbocycles. The zero-order valence-corrected chi connectivity index (χ0v) is 27.8. The molecular weight excluding hydrogens is 564 g/mol. The Morgan fingerprint density at radius 2 is 1.45 bits per heavy atom. The van der Waals surface area contributed by atoms with Crippen LogP contribution in [-0.2, 0) is 14.2 Å². The van der Waals surface area contributed by atoms with Gasteiger partial charge in [0.2, 0.25) is 0 Å². The fourth-order valence-corrected chi connectivity index (χ4v) is 13.4. The van der Waals surface area contributed by atoms with Gasteiger partial charge in [-0.2, -0.15) is 0 Å². The molecule has 7 aliphatic rings. The second-order valence-corrected chi connectivity index (χ2v) is 18.3. The number of aliphatic hydroxyl groups excluding tert-OH is 5. The van der Waals surface area contributed by atoms with Crippen molar-refractivity contribution >= 4 is 0 Å². The van der Waals surface area contributed by atoms with Crippen molar-refractivity contribution in [2.45, 2.75) is 166 Å². The second kappa shape index (κ2) is 9.63. The highest BCUT2D eigenvalue weighted by Crippen LogP contribution is 2.89. The molecule has 2 saturated heterocycles. The van der Waals surface area contributed by atoms with Crippen molar-refractivity contribution in [3.63, 3.8) is 0 Å². The molecule has 44 heavy (non-hydrogen) atoms. The average Bonchev–Trinajstić information content (AvgIpc) is 3.27. The monoisotopic (exact) mass is 622 g/mol. The lowest BCUT2D eigenvalue weighted by Gasteiger charge is -2.64. The number of ether oxygens (including phenoxy) is 3. The molecule has 9 heteroatoms. The first-order valence-electron chi connectivity index (χ1n) is 17.4. The number of fused-ring (bicyclic) bond motifs is 2. The van der Waals surface area contributed by atoms with Crippen molar-refractivity contribution in [3.05, 3.63) is 0 Å². The minimum Gasteiger partial charge on any atom is -0.393 e. The molecule has 5 aliphatic carbocycles. The smallest absolute Gasteiger partial charge is 0.186 e. The van der Waals surface area contributed by atoms with Gasteiger partial charge in [0, 0.05) is 5.92 Å². The zero-order chi connectivity index (χ0) is 32.0. The van der Waals surface area contributed by atoms with E-state index < -0.39 is 53.4 Å². The van der Waals surface area contributed by atoms with Crippen molar-refractivity contribution in [3.8, 4) is 0 Å². The Balaban J connectivity index is 1.15. The van der Waals surface area contributed by atoms with Crippen LogP contribution in [0.25, 0.3) is 0 Å². The van der Waals surface area contributed by atoms with Gasteiger partial charge in [0.25, 0.3) is 0 Å². The van der Waals surface area contributed by atoms with Gasteiger partial charge in [-0.1, -0.05) is 27.7 Å². The molecule has 16 atom stereocenters. The van der Waals surface area contributed by atoms with Crippen LogP contribution in [0.2, 0.25) is 0 Å². The maximum atomic E-state index is 12.1. The van der Waals surface area contributed by atoms with Gasteiger partial charge < -0.3 is 44.8 Å². The molecule has 0 aromatic rings. The quantitative estimate of drug-likeness (QED) is 0.260. The minimum atomic E-state index is -1.33. The lowest BCUT2D eigenvalue weighted by molar-refractivity contribution is -0.306. The van der Waals surface area contributed by atoms with Gasteiger partial charge in [0.05, 0.1) is 42.2 Å². The molecule has 2 heterocycles. The van der Waals surface area contributed by atoms with Crippen molar-refractivity contribution in [2.75, 3.05) is 6.61 Å². The fraction of sp³-hybridized carbons (Fsp3) is 1.00. The standard InChI is InChI=1S/C35H58O9/c1-29(2)22(43-28-25(40)24(39)20(38)16-42-28)9-11-35-17-34(35)13-12-31(5)27(33(7)10-8-23(44-33)30(3,4)41)19(37)15-32(31,6)21(34)14-18(36)26(29)35/h18-28,36-41H,8-17H2,1-7H3/t18-,19-,20+,21-,22?,23?,24?,25+,26-,27-,28-,31+,32-,33?,34-,35+/m0/s1. The molecule has 0 aromatic heterocycles. The van der Waals surface area contributed by atoms with Crippen LogP contribution in [0.4, 0.5) is 0 Å². The summed E-state index contributed by atoms with van der Waals surface area (Å²) in [6, 6.07) is 0. The van der Waals surface area contributed by atoms with E-state index in [1.807, 2.05) is 13.8 Å². The molecule has 6 N–H and O–H groups in total. The van der Waals surface area contributed by atoms with Gasteiger partial charge in [-0.15, -0.1) is 0 Å². The van der Waals surface area contributed by atoms with Crippen molar-refractivity contribution in [1.29, 1.82) is 0 Å². The number of aliphatic hydroxyl groups is 6. The van der Waals surface area contributed by atoms with E-state index in [-0.39, 0.29) is 52.3 Å². The molecule has 2 spiro atoms. The van der Waals surface area contributed by atoms with Crippen LogP contribution in [0.3, 0.4) is 0 Å². The molecule has 4 unspecified atom stereocenters. The predicted molar refractivity (Wildman–Crippen MR) is 161 cm³/mol. The molecule has 2 aliphatic heterocycles. The molecule has 9 nitrogen and oxygen atoms in total. The maximum Gasteiger partial charge on any atom is 0.186 e. The topological polar surface area (TPSA) is 149 Å². The Hall–Kier alpha value is -0.360. The van der Waals surface area contributed by atoms with Crippen molar-refractivity contribution < 1.29 is 44.8 Å². The van der Waals surface area contributed by atoms with Crippen LogP contribution >= 0.6 is 0 Å². The summed E-state index contributed by atoms with van der Waals surface area (Å²) in [4.78, 5) is 0. The van der Waals surface area contributed by atoms with Gasteiger partial charge in [-0.25, -0.2) is 0 Å². The lowest BCUT2D eigenvalue weighted by Crippen LogP contribution is -2.63. The summed E-state index contributed by atoms with van der Waals surface area (Å²) >= 11 is 0. The van der Waals surface area contributed by atoms with Gasteiger partial charge in [-0.05, 0) is 117 Å². The van der Waals surface area contributed by atoms with E-state index in [9.17, 15) is 30.6 Å². The van der Waals surface area contributed by atoms with Crippen LogP contribution in [0, 0.1) is 44.8 Å². The van der Waals surface area contributed by atoms with E-state index in [0.717, 1.165) is 44.9 Å². The largest absolute Gasteiger partial charge is 0.393 e. The van der Waals surface area contributed by atoms with Gasteiger partial charge in [-0.3, -0.25) is 0 Å². The Morgan fingerprint density at radius 3 is 2.11 bits per heavy atom. The highest BCUT2D eigenvalue weighted by atomic mass is 16.7. The molecule has 0 radical (unpaired) electrons. The second-order valence-electron chi connectivity index (χ2n) is 18.3. The molecule has 0 bridgehead atoms. The van der Waals surface area contributed by atoms with E-state index in [1.54, 1.807) is 0 Å². The van der Waals surface area contributed by atoms with Gasteiger partial charge in [0.1, 0.15) is 18.3 Å². The number of rotatable bonds is 4. The summed E-state index contributed by atoms with van der Waals surface area (Å²) in [7, 11) is 0. The normalized spacial score (nSPS) is 59.8. The predicted octanol–water partition coefficient (Wildman–Crippen LogP) is 2.90. The van der Waals surface area contributed by atoms with Crippen LogP contribution in [0.1, 0.15) is 106 Å². The van der Waals surface area contributed by atoms with Gasteiger partial charge >= 0.3 is 0 Å². The minimum absolute atomic E-state index is 0.00753. The third-order valence-corrected chi connectivity index (χ3v) is 15.5. The van der Waals surface area contributed by atoms with Gasteiger partial charge in [0.15, 0.2) is 6.29 Å². The summed E-state index contributed by atoms with van der Waals surface area (Å²) in [6.45, 7) is 14.8.